The number of ether oxygens (including phenoxy) is 1. The lowest BCUT2D eigenvalue weighted by atomic mass is 9.84. The minimum absolute atomic E-state index is 0.397. The molecule has 1 heteroatoms. The smallest absolute Gasteiger partial charge is 0.127 e. The molecule has 1 radical (unpaired) electrons. The molecule has 0 aliphatic heterocycles. The zero-order chi connectivity index (χ0) is 14.6. The molecule has 0 aliphatic rings. The van der Waals surface area contributed by atoms with Crippen molar-refractivity contribution in [2.75, 3.05) is 6.61 Å². The summed E-state index contributed by atoms with van der Waals surface area (Å²) in [4.78, 5) is 0. The maximum atomic E-state index is 5.84. The highest BCUT2D eigenvalue weighted by atomic mass is 16.5. The number of rotatable bonds is 5. The van der Waals surface area contributed by atoms with Gasteiger partial charge < -0.3 is 4.74 Å². The molecule has 0 amide bonds. The van der Waals surface area contributed by atoms with E-state index in [1.165, 1.54) is 11.8 Å². The van der Waals surface area contributed by atoms with E-state index in [9.17, 15) is 0 Å². The Bertz CT molecular complexity index is 551. The Morgan fingerprint density at radius 3 is 2.60 bits per heavy atom. The van der Waals surface area contributed by atoms with Crippen molar-refractivity contribution in [2.24, 2.45) is 11.3 Å². The summed E-state index contributed by atoms with van der Waals surface area (Å²) in [7, 11) is 0. The molecule has 1 unspecified atom stereocenters. The van der Waals surface area contributed by atoms with Gasteiger partial charge in [-0.15, -0.1) is 0 Å². The van der Waals surface area contributed by atoms with E-state index in [2.05, 4.69) is 52.0 Å². The average Bonchev–Trinajstić information content (AvgIpc) is 2.36. The highest BCUT2D eigenvalue weighted by Crippen LogP contribution is 2.26. The normalized spacial score (nSPS) is 13.4. The summed E-state index contributed by atoms with van der Waals surface area (Å²) in [5.74, 6) is 1.54. The summed E-state index contributed by atoms with van der Waals surface area (Å²) >= 11 is 0. The second-order valence-corrected chi connectivity index (χ2v) is 6.92. The van der Waals surface area contributed by atoms with E-state index in [0.717, 1.165) is 24.2 Å². The summed E-state index contributed by atoms with van der Waals surface area (Å²) in [6, 6.07) is 15.7. The molecule has 1 nitrogen and oxygen atoms in total. The predicted octanol–water partition coefficient (Wildman–Crippen LogP) is 5.48. The zero-order valence-corrected chi connectivity index (χ0v) is 13.1. The third-order valence-electron chi connectivity index (χ3n) is 3.46. The first-order valence-electron chi connectivity index (χ1n) is 7.48. The van der Waals surface area contributed by atoms with Crippen LogP contribution in [0.1, 0.15) is 40.5 Å². The highest BCUT2D eigenvalue weighted by Gasteiger charge is 2.15. The lowest BCUT2D eigenvalue weighted by Gasteiger charge is -2.23. The molecule has 0 fully saturated rings. The van der Waals surface area contributed by atoms with Crippen LogP contribution in [0.5, 0.6) is 5.75 Å². The number of hydrogen-bond acceptors (Lipinski definition) is 1. The second kappa shape index (κ2) is 6.30. The third-order valence-corrected chi connectivity index (χ3v) is 3.46. The molecule has 0 spiro atoms. The molecule has 0 heterocycles. The summed E-state index contributed by atoms with van der Waals surface area (Å²) in [6.45, 7) is 9.95. The third kappa shape index (κ3) is 4.56. The Kier molecular flexibility index (Phi) is 4.69. The summed E-state index contributed by atoms with van der Waals surface area (Å²) < 4.78 is 5.84. The number of hydrogen-bond donors (Lipinski definition) is 0. The van der Waals surface area contributed by atoms with Gasteiger partial charge >= 0.3 is 0 Å². The first-order valence-corrected chi connectivity index (χ1v) is 7.48. The first-order chi connectivity index (χ1) is 9.44. The molecule has 2 rings (SSSR count). The Morgan fingerprint density at radius 2 is 1.85 bits per heavy atom. The van der Waals surface area contributed by atoms with Gasteiger partial charge in [-0.2, -0.15) is 0 Å². The Balaban J connectivity index is 1.86. The van der Waals surface area contributed by atoms with Crippen LogP contribution < -0.4 is 4.74 Å². The fraction of sp³-hybridized carbons (Fsp3) is 0.474. The van der Waals surface area contributed by atoms with Gasteiger partial charge in [0.25, 0.3) is 0 Å². The van der Waals surface area contributed by atoms with E-state index in [1.807, 2.05) is 18.2 Å². The van der Waals surface area contributed by atoms with Crippen LogP contribution in [0.4, 0.5) is 0 Å². The molecule has 107 valence electrons. The molecule has 0 aromatic heterocycles. The van der Waals surface area contributed by atoms with Crippen molar-refractivity contribution < 1.29 is 4.74 Å². The standard InChI is InChI=1S/C19H25O/c1-15(14-19(2,3)4)11-12-20-18-10-9-16-7-5-6-8-17(16)13-18/h5-10,15H,11-12,14H2,1-4H3. The molecule has 0 saturated heterocycles. The van der Waals surface area contributed by atoms with E-state index in [4.69, 9.17) is 4.74 Å². The van der Waals surface area contributed by atoms with Crippen molar-refractivity contribution in [3.05, 3.63) is 42.5 Å². The maximum absolute atomic E-state index is 5.84. The largest absolute Gasteiger partial charge is 0.493 e. The van der Waals surface area contributed by atoms with E-state index in [0.29, 0.717) is 11.3 Å². The van der Waals surface area contributed by atoms with Crippen molar-refractivity contribution in [3.63, 3.8) is 0 Å². The highest BCUT2D eigenvalue weighted by molar-refractivity contribution is 5.83. The van der Waals surface area contributed by atoms with Gasteiger partial charge in [0, 0.05) is 6.07 Å². The maximum Gasteiger partial charge on any atom is 0.127 e. The molecule has 1 atom stereocenters. The van der Waals surface area contributed by atoms with E-state index < -0.39 is 0 Å². The van der Waals surface area contributed by atoms with Crippen LogP contribution in [-0.4, -0.2) is 6.61 Å². The quantitative estimate of drug-likeness (QED) is 0.698. The monoisotopic (exact) mass is 269 g/mol. The van der Waals surface area contributed by atoms with Gasteiger partial charge in [0.2, 0.25) is 0 Å². The van der Waals surface area contributed by atoms with Gasteiger partial charge in [-0.05, 0) is 41.0 Å². The Hall–Kier alpha value is -1.50. The van der Waals surface area contributed by atoms with Gasteiger partial charge in [0.15, 0.2) is 0 Å². The lowest BCUT2D eigenvalue weighted by molar-refractivity contribution is 0.240. The van der Waals surface area contributed by atoms with Crippen molar-refractivity contribution in [3.8, 4) is 5.75 Å². The van der Waals surface area contributed by atoms with Gasteiger partial charge in [-0.3, -0.25) is 0 Å². The molecule has 0 saturated carbocycles. The van der Waals surface area contributed by atoms with E-state index in [1.54, 1.807) is 0 Å². The molecular formula is C19H25O. The van der Waals surface area contributed by atoms with Gasteiger partial charge in [0.05, 0.1) is 6.61 Å². The minimum atomic E-state index is 0.397. The van der Waals surface area contributed by atoms with Crippen LogP contribution in [0.25, 0.3) is 10.8 Å². The van der Waals surface area contributed by atoms with Gasteiger partial charge in [-0.25, -0.2) is 0 Å². The van der Waals surface area contributed by atoms with Crippen molar-refractivity contribution in [1.29, 1.82) is 0 Å². The van der Waals surface area contributed by atoms with Crippen LogP contribution in [0.15, 0.2) is 36.4 Å². The number of fused-ring (bicyclic) bond motifs is 1. The Morgan fingerprint density at radius 1 is 1.10 bits per heavy atom. The average molecular weight is 269 g/mol. The van der Waals surface area contributed by atoms with Crippen LogP contribution in [0.3, 0.4) is 0 Å². The minimum Gasteiger partial charge on any atom is -0.493 e. The Labute approximate surface area is 123 Å². The molecule has 2 aromatic rings. The van der Waals surface area contributed by atoms with E-state index >= 15 is 0 Å². The number of benzene rings is 2. The zero-order valence-electron chi connectivity index (χ0n) is 13.1. The van der Waals surface area contributed by atoms with Crippen molar-refractivity contribution in [2.45, 2.75) is 40.5 Å². The first kappa shape index (κ1) is 14.9. The fourth-order valence-corrected chi connectivity index (χ4v) is 2.70. The van der Waals surface area contributed by atoms with Crippen molar-refractivity contribution >= 4 is 10.8 Å². The molecule has 20 heavy (non-hydrogen) atoms. The van der Waals surface area contributed by atoms with Crippen LogP contribution in [0, 0.1) is 17.4 Å². The van der Waals surface area contributed by atoms with Crippen LogP contribution in [-0.2, 0) is 0 Å². The summed E-state index contributed by atoms with van der Waals surface area (Å²) in [5.41, 5.74) is 0.397. The topological polar surface area (TPSA) is 9.23 Å². The SMILES string of the molecule is CC(CCOc1[c]c2ccccc2cc1)CC(C)(C)C. The van der Waals surface area contributed by atoms with Gasteiger partial charge in [-0.1, -0.05) is 58.0 Å². The lowest BCUT2D eigenvalue weighted by Crippen LogP contribution is -2.13. The van der Waals surface area contributed by atoms with Crippen LogP contribution in [0.2, 0.25) is 0 Å². The van der Waals surface area contributed by atoms with Crippen LogP contribution >= 0.6 is 0 Å². The molecule has 0 N–H and O–H groups in total. The fourth-order valence-electron chi connectivity index (χ4n) is 2.70. The summed E-state index contributed by atoms with van der Waals surface area (Å²) in [6.07, 6.45) is 2.33. The summed E-state index contributed by atoms with van der Waals surface area (Å²) in [5, 5.41) is 2.33. The van der Waals surface area contributed by atoms with Crippen molar-refractivity contribution in [1.82, 2.24) is 0 Å². The molecule has 0 aliphatic carbocycles. The van der Waals surface area contributed by atoms with Gasteiger partial charge in [0.1, 0.15) is 5.75 Å². The second-order valence-electron chi connectivity index (χ2n) is 6.92. The van der Waals surface area contributed by atoms with E-state index in [-0.39, 0.29) is 0 Å². The molecule has 2 aromatic carbocycles. The predicted molar refractivity (Wildman–Crippen MR) is 86.1 cm³/mol. The molecule has 0 bridgehead atoms. The molecular weight excluding hydrogens is 244 g/mol.